The van der Waals surface area contributed by atoms with Crippen LogP contribution in [0.1, 0.15) is 38.2 Å². The van der Waals surface area contributed by atoms with Crippen LogP contribution in [0.3, 0.4) is 0 Å². The Hall–Kier alpha value is -1.02. The Morgan fingerprint density at radius 1 is 1.11 bits per heavy atom. The molecule has 2 nitrogen and oxygen atoms in total. The van der Waals surface area contributed by atoms with Gasteiger partial charge in [0.15, 0.2) is 0 Å². The molecule has 2 aliphatic rings. The van der Waals surface area contributed by atoms with Gasteiger partial charge in [0.05, 0.1) is 0 Å². The highest BCUT2D eigenvalue weighted by Gasteiger charge is 2.30. The lowest BCUT2D eigenvalue weighted by atomic mass is 9.86. The molecule has 1 aromatic carbocycles. The second kappa shape index (κ2) is 5.54. The zero-order chi connectivity index (χ0) is 13.2. The van der Waals surface area contributed by atoms with Crippen LogP contribution in [0.15, 0.2) is 24.3 Å². The van der Waals surface area contributed by atoms with Crippen LogP contribution in [0, 0.1) is 5.92 Å². The van der Waals surface area contributed by atoms with Crippen LogP contribution < -0.4 is 10.2 Å². The van der Waals surface area contributed by atoms with E-state index in [2.05, 4.69) is 48.5 Å². The van der Waals surface area contributed by atoms with Gasteiger partial charge in [0.2, 0.25) is 0 Å². The quantitative estimate of drug-likeness (QED) is 0.876. The molecular weight excluding hydrogens is 232 g/mol. The van der Waals surface area contributed by atoms with Crippen molar-refractivity contribution in [3.63, 3.8) is 0 Å². The van der Waals surface area contributed by atoms with Crippen LogP contribution in [0.5, 0.6) is 0 Å². The van der Waals surface area contributed by atoms with E-state index in [-0.39, 0.29) is 0 Å². The van der Waals surface area contributed by atoms with Gasteiger partial charge >= 0.3 is 0 Å². The predicted octanol–water partition coefficient (Wildman–Crippen LogP) is 3.22. The van der Waals surface area contributed by atoms with E-state index in [0.717, 1.165) is 18.0 Å². The molecule has 0 bridgehead atoms. The first-order chi connectivity index (χ1) is 9.28. The maximum atomic E-state index is 3.44. The lowest BCUT2D eigenvalue weighted by Crippen LogP contribution is -2.45. The fraction of sp³-hybridized carbons (Fsp3) is 0.647. The molecule has 0 radical (unpaired) electrons. The maximum Gasteiger partial charge on any atom is 0.0401 e. The Morgan fingerprint density at radius 3 is 2.58 bits per heavy atom. The monoisotopic (exact) mass is 258 g/mol. The van der Waals surface area contributed by atoms with Gasteiger partial charge in [-0.3, -0.25) is 0 Å². The van der Waals surface area contributed by atoms with E-state index in [1.54, 1.807) is 5.56 Å². The molecule has 0 amide bonds. The largest absolute Gasteiger partial charge is 0.368 e. The standard InChI is InChI=1S/C17H26N2/c1-13-11-14-5-3-4-6-17(14)19(12-13)16-9-7-15(18-2)8-10-16/h3-6,13,15-16,18H,7-12H2,1-2H3. The number of para-hydroxylation sites is 1. The van der Waals surface area contributed by atoms with Crippen molar-refractivity contribution in [3.8, 4) is 0 Å². The molecule has 3 rings (SSSR count). The summed E-state index contributed by atoms with van der Waals surface area (Å²) in [4.78, 5) is 2.70. The molecule has 1 aromatic rings. The molecule has 1 atom stereocenters. The van der Waals surface area contributed by atoms with Crippen molar-refractivity contribution in [1.82, 2.24) is 5.32 Å². The molecule has 1 N–H and O–H groups in total. The summed E-state index contributed by atoms with van der Waals surface area (Å²) in [6.45, 7) is 3.63. The van der Waals surface area contributed by atoms with E-state index in [4.69, 9.17) is 0 Å². The van der Waals surface area contributed by atoms with Crippen molar-refractivity contribution >= 4 is 5.69 Å². The van der Waals surface area contributed by atoms with Crippen LogP contribution in [-0.2, 0) is 6.42 Å². The van der Waals surface area contributed by atoms with Crippen LogP contribution in [0.4, 0.5) is 5.69 Å². The second-order valence-corrected chi connectivity index (χ2v) is 6.38. The molecule has 1 saturated carbocycles. The van der Waals surface area contributed by atoms with E-state index in [1.807, 2.05) is 0 Å². The van der Waals surface area contributed by atoms with E-state index >= 15 is 0 Å². The summed E-state index contributed by atoms with van der Waals surface area (Å²) in [6.07, 6.45) is 6.58. The summed E-state index contributed by atoms with van der Waals surface area (Å²) in [7, 11) is 2.10. The zero-order valence-electron chi connectivity index (χ0n) is 12.2. The second-order valence-electron chi connectivity index (χ2n) is 6.38. The molecule has 0 aromatic heterocycles. The van der Waals surface area contributed by atoms with Gasteiger partial charge in [0.1, 0.15) is 0 Å². The van der Waals surface area contributed by atoms with E-state index < -0.39 is 0 Å². The number of nitrogens with one attached hydrogen (secondary N) is 1. The van der Waals surface area contributed by atoms with E-state index in [0.29, 0.717) is 0 Å². The highest BCUT2D eigenvalue weighted by atomic mass is 15.2. The third-order valence-electron chi connectivity index (χ3n) is 4.92. The average molecular weight is 258 g/mol. The lowest BCUT2D eigenvalue weighted by molar-refractivity contribution is 0.332. The first-order valence-electron chi connectivity index (χ1n) is 7.79. The molecule has 1 fully saturated rings. The maximum absolute atomic E-state index is 3.44. The normalized spacial score (nSPS) is 31.1. The number of rotatable bonds is 2. The Kier molecular flexibility index (Phi) is 3.79. The molecule has 1 unspecified atom stereocenters. The molecule has 2 heteroatoms. The summed E-state index contributed by atoms with van der Waals surface area (Å²) >= 11 is 0. The first-order valence-corrected chi connectivity index (χ1v) is 7.79. The van der Waals surface area contributed by atoms with E-state index in [9.17, 15) is 0 Å². The van der Waals surface area contributed by atoms with Gasteiger partial charge in [-0.05, 0) is 56.7 Å². The minimum absolute atomic E-state index is 0.744. The fourth-order valence-corrected chi connectivity index (χ4v) is 3.86. The van der Waals surface area contributed by atoms with Gasteiger partial charge in [-0.1, -0.05) is 25.1 Å². The highest BCUT2D eigenvalue weighted by Crippen LogP contribution is 2.35. The third kappa shape index (κ3) is 2.64. The summed E-state index contributed by atoms with van der Waals surface area (Å²) in [5.74, 6) is 0.789. The molecule has 0 spiro atoms. The number of benzene rings is 1. The van der Waals surface area contributed by atoms with Crippen LogP contribution in [-0.4, -0.2) is 25.7 Å². The number of anilines is 1. The van der Waals surface area contributed by atoms with Crippen LogP contribution in [0.2, 0.25) is 0 Å². The molecule has 1 heterocycles. The summed E-state index contributed by atoms with van der Waals surface area (Å²) in [5.41, 5.74) is 3.06. The topological polar surface area (TPSA) is 15.3 Å². The Balaban J connectivity index is 1.78. The first kappa shape index (κ1) is 13.0. The van der Waals surface area contributed by atoms with Gasteiger partial charge in [-0.15, -0.1) is 0 Å². The Bertz CT molecular complexity index is 421. The van der Waals surface area contributed by atoms with Crippen molar-refractivity contribution in [2.75, 3.05) is 18.5 Å². The minimum Gasteiger partial charge on any atom is -0.368 e. The summed E-state index contributed by atoms with van der Waals surface area (Å²) < 4.78 is 0. The van der Waals surface area contributed by atoms with Gasteiger partial charge in [-0.2, -0.15) is 0 Å². The van der Waals surface area contributed by atoms with Crippen molar-refractivity contribution in [1.29, 1.82) is 0 Å². The lowest BCUT2D eigenvalue weighted by Gasteiger charge is -2.43. The van der Waals surface area contributed by atoms with Gasteiger partial charge < -0.3 is 10.2 Å². The van der Waals surface area contributed by atoms with Crippen LogP contribution in [0.25, 0.3) is 0 Å². The third-order valence-corrected chi connectivity index (χ3v) is 4.92. The number of fused-ring (bicyclic) bond motifs is 1. The predicted molar refractivity (Wildman–Crippen MR) is 81.8 cm³/mol. The van der Waals surface area contributed by atoms with Gasteiger partial charge in [-0.25, -0.2) is 0 Å². The highest BCUT2D eigenvalue weighted by molar-refractivity contribution is 5.56. The van der Waals surface area contributed by atoms with E-state index in [1.165, 1.54) is 44.3 Å². The molecule has 104 valence electrons. The Labute approximate surface area is 117 Å². The summed E-state index contributed by atoms with van der Waals surface area (Å²) in [6, 6.07) is 10.5. The molecule has 0 saturated heterocycles. The van der Waals surface area contributed by atoms with Crippen molar-refractivity contribution in [3.05, 3.63) is 29.8 Å². The number of hydrogen-bond donors (Lipinski definition) is 1. The smallest absolute Gasteiger partial charge is 0.0401 e. The van der Waals surface area contributed by atoms with Crippen LogP contribution >= 0.6 is 0 Å². The number of nitrogens with zero attached hydrogens (tertiary/aromatic N) is 1. The van der Waals surface area contributed by atoms with Gasteiger partial charge in [0, 0.05) is 24.3 Å². The average Bonchev–Trinajstić information content (AvgIpc) is 2.46. The van der Waals surface area contributed by atoms with Crippen molar-refractivity contribution < 1.29 is 0 Å². The number of hydrogen-bond acceptors (Lipinski definition) is 2. The summed E-state index contributed by atoms with van der Waals surface area (Å²) in [5, 5.41) is 3.44. The Morgan fingerprint density at radius 2 is 1.84 bits per heavy atom. The zero-order valence-corrected chi connectivity index (χ0v) is 12.2. The SMILES string of the molecule is CNC1CCC(N2CC(C)Cc3ccccc32)CC1. The van der Waals surface area contributed by atoms with Gasteiger partial charge in [0.25, 0.3) is 0 Å². The fourth-order valence-electron chi connectivity index (χ4n) is 3.86. The molecular formula is C17H26N2. The molecule has 1 aliphatic heterocycles. The molecule has 1 aliphatic carbocycles. The van der Waals surface area contributed by atoms with Crippen molar-refractivity contribution in [2.45, 2.75) is 51.1 Å². The van der Waals surface area contributed by atoms with Crippen molar-refractivity contribution in [2.24, 2.45) is 5.92 Å². The minimum atomic E-state index is 0.744. The molecule has 19 heavy (non-hydrogen) atoms.